The molecule has 0 aliphatic carbocycles. The second-order valence-electron chi connectivity index (χ2n) is 3.47. The molecule has 0 spiro atoms. The summed E-state index contributed by atoms with van der Waals surface area (Å²) in [5.74, 6) is -1.15. The highest BCUT2D eigenvalue weighted by Crippen LogP contribution is 2.12. The third-order valence-corrected chi connectivity index (χ3v) is 1.73. The van der Waals surface area contributed by atoms with Crippen LogP contribution in [-0.2, 0) is 4.79 Å². The molecule has 16 heavy (non-hydrogen) atoms. The van der Waals surface area contributed by atoms with E-state index in [9.17, 15) is 9.59 Å². The second-order valence-corrected chi connectivity index (χ2v) is 3.47. The maximum atomic E-state index is 11.2. The zero-order valence-electron chi connectivity index (χ0n) is 9.06. The van der Waals surface area contributed by atoms with Gasteiger partial charge in [0.05, 0.1) is 5.56 Å². The first-order valence-electron chi connectivity index (χ1n) is 4.69. The fraction of sp³-hybridized carbons (Fsp3) is 0.167. The van der Waals surface area contributed by atoms with E-state index in [0.717, 1.165) is 5.57 Å². The molecule has 1 rings (SSSR count). The molecule has 0 aliphatic rings. The summed E-state index contributed by atoms with van der Waals surface area (Å²) in [6.45, 7) is 3.57. The Kier molecular flexibility index (Phi) is 3.83. The lowest BCUT2D eigenvalue weighted by Gasteiger charge is -2.01. The van der Waals surface area contributed by atoms with E-state index in [0.29, 0.717) is 5.75 Å². The van der Waals surface area contributed by atoms with E-state index in [2.05, 4.69) is 0 Å². The Hall–Kier alpha value is -2.10. The first-order valence-corrected chi connectivity index (χ1v) is 4.69. The van der Waals surface area contributed by atoms with E-state index in [-0.39, 0.29) is 5.56 Å². The highest BCUT2D eigenvalue weighted by Gasteiger charge is 2.04. The lowest BCUT2D eigenvalue weighted by molar-refractivity contribution is -0.129. The van der Waals surface area contributed by atoms with Crippen LogP contribution >= 0.6 is 0 Å². The summed E-state index contributed by atoms with van der Waals surface area (Å²) in [7, 11) is 0. The van der Waals surface area contributed by atoms with Crippen LogP contribution in [0.1, 0.15) is 24.2 Å². The lowest BCUT2D eigenvalue weighted by atomic mass is 10.2. The number of ether oxygens (including phenoxy) is 1. The summed E-state index contributed by atoms with van der Waals surface area (Å²) in [4.78, 5) is 21.8. The van der Waals surface area contributed by atoms with Gasteiger partial charge in [-0.1, -0.05) is 5.57 Å². The number of carboxylic acid groups (broad SMARTS) is 1. The molecule has 0 radical (unpaired) electrons. The molecule has 1 N–H and O–H groups in total. The predicted octanol–water partition coefficient (Wildman–Crippen LogP) is 2.26. The Labute approximate surface area is 93.2 Å². The standard InChI is InChI=1S/C12H12O4/c1-8(2)7-11(13)16-10-5-3-9(4-6-10)12(14)15/h3-7H,1-2H3,(H,14,15). The number of esters is 1. The van der Waals surface area contributed by atoms with Crippen molar-refractivity contribution in [3.63, 3.8) is 0 Å². The van der Waals surface area contributed by atoms with E-state index in [1.165, 1.54) is 30.3 Å². The van der Waals surface area contributed by atoms with Crippen LogP contribution in [0.4, 0.5) is 0 Å². The van der Waals surface area contributed by atoms with Crippen molar-refractivity contribution in [1.29, 1.82) is 0 Å². The number of carboxylic acids is 1. The van der Waals surface area contributed by atoms with Crippen molar-refractivity contribution in [2.75, 3.05) is 0 Å². The van der Waals surface area contributed by atoms with Gasteiger partial charge < -0.3 is 9.84 Å². The average Bonchev–Trinajstić information content (AvgIpc) is 2.16. The highest BCUT2D eigenvalue weighted by atomic mass is 16.5. The van der Waals surface area contributed by atoms with Crippen LogP contribution in [-0.4, -0.2) is 17.0 Å². The topological polar surface area (TPSA) is 63.6 Å². The first kappa shape index (κ1) is 12.0. The van der Waals surface area contributed by atoms with Crippen molar-refractivity contribution in [3.8, 4) is 5.75 Å². The molecule has 4 heteroatoms. The molecular formula is C12H12O4. The Balaban J connectivity index is 2.73. The molecule has 0 aliphatic heterocycles. The zero-order chi connectivity index (χ0) is 12.1. The first-order chi connectivity index (χ1) is 7.49. The maximum absolute atomic E-state index is 11.2. The Morgan fingerprint density at radius 3 is 2.19 bits per heavy atom. The number of benzene rings is 1. The van der Waals surface area contributed by atoms with Gasteiger partial charge in [0.2, 0.25) is 0 Å². The molecule has 0 saturated heterocycles. The van der Waals surface area contributed by atoms with Crippen molar-refractivity contribution in [3.05, 3.63) is 41.5 Å². The normalized spacial score (nSPS) is 9.38. The molecular weight excluding hydrogens is 208 g/mol. The van der Waals surface area contributed by atoms with Crippen LogP contribution in [0.3, 0.4) is 0 Å². The number of allylic oxidation sites excluding steroid dienone is 1. The second kappa shape index (κ2) is 5.11. The molecule has 0 atom stereocenters. The molecule has 4 nitrogen and oxygen atoms in total. The molecule has 0 amide bonds. The van der Waals surface area contributed by atoms with Crippen molar-refractivity contribution in [2.45, 2.75) is 13.8 Å². The van der Waals surface area contributed by atoms with Crippen LogP contribution < -0.4 is 4.74 Å². The molecule has 0 unspecified atom stereocenters. The number of rotatable bonds is 3. The zero-order valence-corrected chi connectivity index (χ0v) is 9.06. The molecule has 0 bridgehead atoms. The minimum absolute atomic E-state index is 0.155. The number of carbonyl (C=O) groups excluding carboxylic acids is 1. The van der Waals surface area contributed by atoms with E-state index in [1.807, 2.05) is 0 Å². The average molecular weight is 220 g/mol. The van der Waals surface area contributed by atoms with Crippen LogP contribution in [0.2, 0.25) is 0 Å². The van der Waals surface area contributed by atoms with E-state index >= 15 is 0 Å². The summed E-state index contributed by atoms with van der Waals surface area (Å²) < 4.78 is 4.95. The molecule has 0 aromatic heterocycles. The smallest absolute Gasteiger partial charge is 0.336 e. The van der Waals surface area contributed by atoms with E-state index in [1.54, 1.807) is 13.8 Å². The molecule has 0 heterocycles. The SMILES string of the molecule is CC(C)=CC(=O)Oc1ccc(C(=O)O)cc1. The third-order valence-electron chi connectivity index (χ3n) is 1.73. The van der Waals surface area contributed by atoms with Crippen molar-refractivity contribution in [2.24, 2.45) is 0 Å². The van der Waals surface area contributed by atoms with Gasteiger partial charge in [0.15, 0.2) is 0 Å². The van der Waals surface area contributed by atoms with Gasteiger partial charge in [-0.05, 0) is 38.1 Å². The molecule has 0 fully saturated rings. The Bertz CT molecular complexity index is 425. The van der Waals surface area contributed by atoms with Crippen molar-refractivity contribution >= 4 is 11.9 Å². The van der Waals surface area contributed by atoms with Gasteiger partial charge >= 0.3 is 11.9 Å². The number of hydrogen-bond donors (Lipinski definition) is 1. The Morgan fingerprint density at radius 1 is 1.19 bits per heavy atom. The molecule has 0 saturated carbocycles. The van der Waals surface area contributed by atoms with Gasteiger partial charge in [0, 0.05) is 6.08 Å². The quantitative estimate of drug-likeness (QED) is 0.482. The fourth-order valence-corrected chi connectivity index (χ4v) is 1.05. The van der Waals surface area contributed by atoms with Crippen molar-refractivity contribution in [1.82, 2.24) is 0 Å². The van der Waals surface area contributed by atoms with Crippen molar-refractivity contribution < 1.29 is 19.4 Å². The molecule has 1 aromatic rings. The van der Waals surface area contributed by atoms with Gasteiger partial charge in [0.25, 0.3) is 0 Å². The summed E-state index contributed by atoms with van der Waals surface area (Å²) in [5, 5.41) is 8.66. The van der Waals surface area contributed by atoms with Gasteiger partial charge in [-0.25, -0.2) is 9.59 Å². The van der Waals surface area contributed by atoms with Gasteiger partial charge in [-0.15, -0.1) is 0 Å². The largest absolute Gasteiger partial charge is 0.478 e. The van der Waals surface area contributed by atoms with Crippen LogP contribution in [0.5, 0.6) is 5.75 Å². The maximum Gasteiger partial charge on any atom is 0.336 e. The van der Waals surface area contributed by atoms with Gasteiger partial charge in [0.1, 0.15) is 5.75 Å². The van der Waals surface area contributed by atoms with Crippen LogP contribution in [0.15, 0.2) is 35.9 Å². The van der Waals surface area contributed by atoms with Crippen LogP contribution in [0, 0.1) is 0 Å². The van der Waals surface area contributed by atoms with E-state index < -0.39 is 11.9 Å². The minimum Gasteiger partial charge on any atom is -0.478 e. The number of hydrogen-bond acceptors (Lipinski definition) is 3. The highest BCUT2D eigenvalue weighted by molar-refractivity contribution is 5.88. The Morgan fingerprint density at radius 2 is 1.75 bits per heavy atom. The molecule has 84 valence electrons. The lowest BCUT2D eigenvalue weighted by Crippen LogP contribution is -2.04. The third kappa shape index (κ3) is 3.57. The summed E-state index contributed by atoms with van der Waals surface area (Å²) >= 11 is 0. The molecule has 1 aromatic carbocycles. The summed E-state index contributed by atoms with van der Waals surface area (Å²) in [6.07, 6.45) is 1.37. The van der Waals surface area contributed by atoms with Gasteiger partial charge in [-0.2, -0.15) is 0 Å². The van der Waals surface area contributed by atoms with E-state index in [4.69, 9.17) is 9.84 Å². The number of carbonyl (C=O) groups is 2. The summed E-state index contributed by atoms with van der Waals surface area (Å²) in [6, 6.07) is 5.65. The van der Waals surface area contributed by atoms with Crippen LogP contribution in [0.25, 0.3) is 0 Å². The minimum atomic E-state index is -1.01. The van der Waals surface area contributed by atoms with Gasteiger partial charge in [-0.3, -0.25) is 0 Å². The fourth-order valence-electron chi connectivity index (χ4n) is 1.05. The predicted molar refractivity (Wildman–Crippen MR) is 58.5 cm³/mol. The number of aromatic carboxylic acids is 1. The summed E-state index contributed by atoms with van der Waals surface area (Å²) in [5.41, 5.74) is 0.995. The monoisotopic (exact) mass is 220 g/mol.